The summed E-state index contributed by atoms with van der Waals surface area (Å²) >= 11 is 0. The van der Waals surface area contributed by atoms with E-state index in [9.17, 15) is 4.79 Å². The largest absolute Gasteiger partial charge is 0.384 e. The Kier molecular flexibility index (Phi) is 6.08. The zero-order valence-electron chi connectivity index (χ0n) is 11.5. The Morgan fingerprint density at radius 3 is 2.89 bits per heavy atom. The number of nitrogens with two attached hydrogens (primary N) is 2. The Balaban J connectivity index is 2.39. The topological polar surface area (TPSA) is 103 Å². The average molecular weight is 266 g/mol. The van der Waals surface area contributed by atoms with Gasteiger partial charge in [0, 0.05) is 19.8 Å². The van der Waals surface area contributed by atoms with Gasteiger partial charge < -0.3 is 21.5 Å². The van der Waals surface area contributed by atoms with Crippen LogP contribution in [-0.2, 0) is 4.74 Å². The van der Waals surface area contributed by atoms with Crippen LogP contribution in [-0.4, -0.2) is 30.6 Å². The molecule has 0 aromatic carbocycles. The van der Waals surface area contributed by atoms with E-state index in [1.165, 1.54) is 12.3 Å². The molecule has 106 valence electrons. The second kappa shape index (κ2) is 7.58. The number of nitrogens with one attached hydrogen (secondary N) is 1. The fraction of sp³-hybridized carbons (Fsp3) is 0.538. The summed E-state index contributed by atoms with van der Waals surface area (Å²) in [4.78, 5) is 15.2. The van der Waals surface area contributed by atoms with Gasteiger partial charge in [0.25, 0.3) is 5.91 Å². The summed E-state index contributed by atoms with van der Waals surface area (Å²) in [6, 6.07) is 1.47. The summed E-state index contributed by atoms with van der Waals surface area (Å²) in [5.41, 5.74) is 11.8. The quantitative estimate of drug-likeness (QED) is 0.614. The molecule has 0 spiro atoms. The number of ether oxygens (including phenoxy) is 1. The molecular formula is C13H22N4O2. The molecule has 0 unspecified atom stereocenters. The van der Waals surface area contributed by atoms with Crippen molar-refractivity contribution in [3.63, 3.8) is 0 Å². The van der Waals surface area contributed by atoms with Crippen molar-refractivity contribution in [2.75, 3.05) is 30.8 Å². The minimum atomic E-state index is -0.521. The zero-order chi connectivity index (χ0) is 14.3. The number of amides is 1. The first kappa shape index (κ1) is 15.2. The fourth-order valence-corrected chi connectivity index (χ4v) is 1.53. The molecular weight excluding hydrogens is 244 g/mol. The van der Waals surface area contributed by atoms with Gasteiger partial charge in [0.15, 0.2) is 0 Å². The van der Waals surface area contributed by atoms with E-state index in [-0.39, 0.29) is 5.82 Å². The first-order chi connectivity index (χ1) is 9.00. The number of aromatic nitrogens is 1. The van der Waals surface area contributed by atoms with Crippen LogP contribution in [0.4, 0.5) is 11.5 Å². The number of anilines is 2. The Morgan fingerprint density at radius 2 is 2.26 bits per heavy atom. The van der Waals surface area contributed by atoms with Crippen molar-refractivity contribution < 1.29 is 9.53 Å². The summed E-state index contributed by atoms with van der Waals surface area (Å²) in [6.07, 6.45) is 2.36. The van der Waals surface area contributed by atoms with Gasteiger partial charge in [-0.2, -0.15) is 0 Å². The Hall–Kier alpha value is -1.82. The summed E-state index contributed by atoms with van der Waals surface area (Å²) in [5, 5.41) is 3.11. The molecule has 0 aliphatic heterocycles. The molecule has 0 fully saturated rings. The second-order valence-corrected chi connectivity index (χ2v) is 4.77. The monoisotopic (exact) mass is 266 g/mol. The minimum absolute atomic E-state index is 0.277. The third-order valence-electron chi connectivity index (χ3n) is 2.42. The van der Waals surface area contributed by atoms with Crippen molar-refractivity contribution in [1.82, 2.24) is 4.98 Å². The van der Waals surface area contributed by atoms with Gasteiger partial charge in [0.1, 0.15) is 5.82 Å². The van der Waals surface area contributed by atoms with E-state index in [1.807, 2.05) is 0 Å². The summed E-state index contributed by atoms with van der Waals surface area (Å²) in [5.74, 6) is 0.294. The molecule has 0 atom stereocenters. The molecule has 0 aliphatic rings. The Bertz CT molecular complexity index is 421. The van der Waals surface area contributed by atoms with Crippen molar-refractivity contribution in [2.45, 2.75) is 20.3 Å². The maximum atomic E-state index is 11.3. The lowest BCUT2D eigenvalue weighted by atomic mass is 10.2. The predicted octanol–water partition coefficient (Wildman–Crippen LogP) is 1.24. The number of rotatable bonds is 8. The number of hydrogen-bond acceptors (Lipinski definition) is 5. The highest BCUT2D eigenvalue weighted by atomic mass is 16.5. The second-order valence-electron chi connectivity index (χ2n) is 4.77. The molecule has 0 saturated carbocycles. The Morgan fingerprint density at radius 1 is 1.53 bits per heavy atom. The molecule has 0 radical (unpaired) electrons. The van der Waals surface area contributed by atoms with Crippen LogP contribution in [0.25, 0.3) is 0 Å². The maximum Gasteiger partial charge on any atom is 0.250 e. The number of nitrogen functional groups attached to an aromatic ring is 1. The van der Waals surface area contributed by atoms with Gasteiger partial charge in [-0.3, -0.25) is 4.79 Å². The number of pyridine rings is 1. The van der Waals surface area contributed by atoms with Crippen molar-refractivity contribution in [1.29, 1.82) is 0 Å². The summed E-state index contributed by atoms with van der Waals surface area (Å²) in [6.45, 7) is 6.34. The highest BCUT2D eigenvalue weighted by Gasteiger charge is 2.08. The molecule has 6 nitrogen and oxygen atoms in total. The van der Waals surface area contributed by atoms with Crippen molar-refractivity contribution in [2.24, 2.45) is 11.7 Å². The van der Waals surface area contributed by atoms with Crippen LogP contribution in [0.2, 0.25) is 0 Å². The molecule has 0 aliphatic carbocycles. The lowest BCUT2D eigenvalue weighted by molar-refractivity contribution is 0.100. The standard InChI is InChI=1S/C13H22N4O2/c1-9(2)8-19-5-3-4-16-11-7-17-12(14)6-10(11)13(15)18/h6-7,9,16H,3-5,8H2,1-2H3,(H2,14,17)(H2,15,18). The first-order valence-corrected chi connectivity index (χ1v) is 6.37. The number of hydrogen-bond donors (Lipinski definition) is 3. The van der Waals surface area contributed by atoms with Crippen molar-refractivity contribution in [3.8, 4) is 0 Å². The maximum absolute atomic E-state index is 11.3. The fourth-order valence-electron chi connectivity index (χ4n) is 1.53. The highest BCUT2D eigenvalue weighted by Crippen LogP contribution is 2.15. The smallest absolute Gasteiger partial charge is 0.250 e. The lowest BCUT2D eigenvalue weighted by Crippen LogP contribution is -2.16. The molecule has 1 heterocycles. The summed E-state index contributed by atoms with van der Waals surface area (Å²) in [7, 11) is 0. The van der Waals surface area contributed by atoms with Crippen LogP contribution in [0.1, 0.15) is 30.6 Å². The van der Waals surface area contributed by atoms with Gasteiger partial charge in [-0.05, 0) is 18.4 Å². The summed E-state index contributed by atoms with van der Waals surface area (Å²) < 4.78 is 5.46. The SMILES string of the molecule is CC(C)COCCCNc1cnc(N)cc1C(N)=O. The number of carbonyl (C=O) groups excluding carboxylic acids is 1. The van der Waals surface area contributed by atoms with E-state index < -0.39 is 5.91 Å². The van der Waals surface area contributed by atoms with Gasteiger partial charge in [-0.25, -0.2) is 4.98 Å². The van der Waals surface area contributed by atoms with Crippen molar-refractivity contribution >= 4 is 17.4 Å². The van der Waals surface area contributed by atoms with E-state index in [4.69, 9.17) is 16.2 Å². The number of carbonyl (C=O) groups is 1. The van der Waals surface area contributed by atoms with Gasteiger partial charge in [-0.15, -0.1) is 0 Å². The molecule has 6 heteroatoms. The van der Waals surface area contributed by atoms with E-state index in [0.717, 1.165) is 13.0 Å². The molecule has 1 aromatic heterocycles. The molecule has 1 amide bonds. The molecule has 1 rings (SSSR count). The van der Waals surface area contributed by atoms with Crippen LogP contribution in [0.5, 0.6) is 0 Å². The van der Waals surface area contributed by atoms with Crippen LogP contribution < -0.4 is 16.8 Å². The van der Waals surface area contributed by atoms with E-state index >= 15 is 0 Å². The molecule has 0 saturated heterocycles. The van der Waals surface area contributed by atoms with Gasteiger partial charge in [0.05, 0.1) is 17.4 Å². The third-order valence-corrected chi connectivity index (χ3v) is 2.42. The number of primary amides is 1. The van der Waals surface area contributed by atoms with Crippen LogP contribution >= 0.6 is 0 Å². The van der Waals surface area contributed by atoms with E-state index in [2.05, 4.69) is 24.1 Å². The van der Waals surface area contributed by atoms with Gasteiger partial charge >= 0.3 is 0 Å². The molecule has 1 aromatic rings. The van der Waals surface area contributed by atoms with Gasteiger partial charge in [-0.1, -0.05) is 13.8 Å². The van der Waals surface area contributed by atoms with E-state index in [1.54, 1.807) is 0 Å². The third kappa shape index (κ3) is 5.56. The zero-order valence-corrected chi connectivity index (χ0v) is 11.5. The predicted molar refractivity (Wildman–Crippen MR) is 75.9 cm³/mol. The minimum Gasteiger partial charge on any atom is -0.384 e. The van der Waals surface area contributed by atoms with Crippen molar-refractivity contribution in [3.05, 3.63) is 17.8 Å². The first-order valence-electron chi connectivity index (χ1n) is 6.37. The number of nitrogens with zero attached hydrogens (tertiary/aromatic N) is 1. The lowest BCUT2D eigenvalue weighted by Gasteiger charge is -2.11. The van der Waals surface area contributed by atoms with Crippen LogP contribution in [0.3, 0.4) is 0 Å². The molecule has 0 bridgehead atoms. The van der Waals surface area contributed by atoms with Crippen LogP contribution in [0.15, 0.2) is 12.3 Å². The van der Waals surface area contributed by atoms with Crippen LogP contribution in [0, 0.1) is 5.92 Å². The average Bonchev–Trinajstić information content (AvgIpc) is 2.34. The highest BCUT2D eigenvalue weighted by molar-refractivity contribution is 5.98. The molecule has 19 heavy (non-hydrogen) atoms. The normalized spacial score (nSPS) is 10.7. The van der Waals surface area contributed by atoms with E-state index in [0.29, 0.717) is 30.3 Å². The van der Waals surface area contributed by atoms with Gasteiger partial charge in [0.2, 0.25) is 0 Å². The Labute approximate surface area is 113 Å². The molecule has 5 N–H and O–H groups in total.